The van der Waals surface area contributed by atoms with E-state index in [2.05, 4.69) is 20.8 Å². The van der Waals surface area contributed by atoms with Crippen LogP contribution in [0.2, 0.25) is 0 Å². The first kappa shape index (κ1) is 12.8. The maximum absolute atomic E-state index is 11.9. The zero-order chi connectivity index (χ0) is 12.7. The van der Waals surface area contributed by atoms with Crippen LogP contribution in [0.5, 0.6) is 0 Å². The zero-order valence-electron chi connectivity index (χ0n) is 11.3. The van der Waals surface area contributed by atoms with Crippen molar-refractivity contribution in [2.75, 3.05) is 6.61 Å². The number of rotatable bonds is 2. The summed E-state index contributed by atoms with van der Waals surface area (Å²) in [6.45, 7) is 7.00. The van der Waals surface area contributed by atoms with E-state index in [-0.39, 0.29) is 23.2 Å². The average molecular weight is 236 g/mol. The van der Waals surface area contributed by atoms with Crippen LogP contribution in [0.1, 0.15) is 52.9 Å². The molecule has 0 bridgehead atoms. The van der Waals surface area contributed by atoms with Crippen molar-refractivity contribution in [3.05, 3.63) is 11.6 Å². The van der Waals surface area contributed by atoms with Gasteiger partial charge in [0.15, 0.2) is 5.78 Å². The van der Waals surface area contributed by atoms with E-state index in [0.717, 1.165) is 6.42 Å². The van der Waals surface area contributed by atoms with E-state index in [0.29, 0.717) is 12.3 Å². The third-order valence-electron chi connectivity index (χ3n) is 4.97. The Labute approximate surface area is 104 Å². The van der Waals surface area contributed by atoms with E-state index in [1.54, 1.807) is 0 Å². The highest BCUT2D eigenvalue weighted by atomic mass is 16.3. The Hall–Kier alpha value is -0.630. The Balaban J connectivity index is 2.41. The summed E-state index contributed by atoms with van der Waals surface area (Å²) in [6.07, 6.45) is 6.87. The van der Waals surface area contributed by atoms with Crippen LogP contribution in [-0.4, -0.2) is 17.5 Å². The minimum absolute atomic E-state index is 0.137. The van der Waals surface area contributed by atoms with E-state index in [1.807, 2.05) is 6.08 Å². The number of aliphatic hydroxyl groups excluding tert-OH is 1. The molecule has 0 spiro atoms. The van der Waals surface area contributed by atoms with Gasteiger partial charge in [0, 0.05) is 13.0 Å². The van der Waals surface area contributed by atoms with Gasteiger partial charge < -0.3 is 5.11 Å². The number of aliphatic hydroxyl groups is 1. The smallest absolute Gasteiger partial charge is 0.155 e. The molecule has 0 aromatic rings. The molecular formula is C15H24O2. The van der Waals surface area contributed by atoms with E-state index in [4.69, 9.17) is 0 Å². The van der Waals surface area contributed by atoms with Gasteiger partial charge in [0.05, 0.1) is 0 Å². The molecule has 0 aromatic heterocycles. The fourth-order valence-corrected chi connectivity index (χ4v) is 3.99. The molecule has 0 unspecified atom stereocenters. The molecule has 1 fully saturated rings. The molecule has 2 aliphatic carbocycles. The summed E-state index contributed by atoms with van der Waals surface area (Å²) >= 11 is 0. The van der Waals surface area contributed by atoms with Crippen molar-refractivity contribution in [3.8, 4) is 0 Å². The number of hydrogen-bond donors (Lipinski definition) is 1. The van der Waals surface area contributed by atoms with Crippen LogP contribution in [0.4, 0.5) is 0 Å². The first-order chi connectivity index (χ1) is 7.90. The molecule has 2 aliphatic rings. The van der Waals surface area contributed by atoms with Gasteiger partial charge in [-0.25, -0.2) is 0 Å². The van der Waals surface area contributed by atoms with Crippen molar-refractivity contribution in [2.45, 2.75) is 52.9 Å². The lowest BCUT2D eigenvalue weighted by molar-refractivity contribution is -0.118. The van der Waals surface area contributed by atoms with Gasteiger partial charge in [0.1, 0.15) is 0 Å². The van der Waals surface area contributed by atoms with Gasteiger partial charge >= 0.3 is 0 Å². The summed E-state index contributed by atoms with van der Waals surface area (Å²) in [6, 6.07) is 0. The van der Waals surface area contributed by atoms with Gasteiger partial charge in [0.2, 0.25) is 0 Å². The minimum atomic E-state index is 0.137. The van der Waals surface area contributed by atoms with Gasteiger partial charge in [0.25, 0.3) is 0 Å². The summed E-state index contributed by atoms with van der Waals surface area (Å²) in [5, 5.41) is 9.21. The predicted octanol–water partition coefficient (Wildman–Crippen LogP) is 3.10. The van der Waals surface area contributed by atoms with Crippen LogP contribution >= 0.6 is 0 Å². The second-order valence-electron chi connectivity index (χ2n) is 6.59. The molecule has 0 saturated heterocycles. The second-order valence-corrected chi connectivity index (χ2v) is 6.59. The molecule has 1 N–H and O–H groups in total. The van der Waals surface area contributed by atoms with E-state index < -0.39 is 0 Å². The first-order valence-electron chi connectivity index (χ1n) is 6.76. The molecule has 1 saturated carbocycles. The molecule has 2 rings (SSSR count). The zero-order valence-corrected chi connectivity index (χ0v) is 11.3. The Kier molecular flexibility index (Phi) is 3.19. The van der Waals surface area contributed by atoms with Gasteiger partial charge in [-0.2, -0.15) is 0 Å². The minimum Gasteiger partial charge on any atom is -0.396 e. The van der Waals surface area contributed by atoms with Crippen LogP contribution in [0, 0.1) is 16.7 Å². The summed E-state index contributed by atoms with van der Waals surface area (Å²) in [7, 11) is 0. The number of allylic oxidation sites excluding steroid dienone is 2. The summed E-state index contributed by atoms with van der Waals surface area (Å²) in [4.78, 5) is 11.9. The predicted molar refractivity (Wildman–Crippen MR) is 68.6 cm³/mol. The highest BCUT2D eigenvalue weighted by molar-refractivity contribution is 5.92. The maximum atomic E-state index is 11.9. The van der Waals surface area contributed by atoms with Crippen molar-refractivity contribution in [3.63, 3.8) is 0 Å². The lowest BCUT2D eigenvalue weighted by Gasteiger charge is -2.52. The highest BCUT2D eigenvalue weighted by Crippen LogP contribution is 2.57. The van der Waals surface area contributed by atoms with Crippen LogP contribution in [0.25, 0.3) is 0 Å². The van der Waals surface area contributed by atoms with Crippen molar-refractivity contribution < 1.29 is 9.90 Å². The molecule has 0 aliphatic heterocycles. The molecule has 96 valence electrons. The molecule has 0 heterocycles. The number of ketones is 1. The topological polar surface area (TPSA) is 37.3 Å². The van der Waals surface area contributed by atoms with E-state index in [1.165, 1.54) is 24.8 Å². The molecular weight excluding hydrogens is 212 g/mol. The fraction of sp³-hybridized carbons (Fsp3) is 0.800. The van der Waals surface area contributed by atoms with E-state index >= 15 is 0 Å². The fourth-order valence-electron chi connectivity index (χ4n) is 3.99. The summed E-state index contributed by atoms with van der Waals surface area (Å²) < 4.78 is 0. The summed E-state index contributed by atoms with van der Waals surface area (Å²) in [5.41, 5.74) is 1.63. The third-order valence-corrected chi connectivity index (χ3v) is 4.97. The molecule has 0 amide bonds. The van der Waals surface area contributed by atoms with Crippen LogP contribution in [0.15, 0.2) is 11.6 Å². The number of hydrogen-bond acceptors (Lipinski definition) is 2. The van der Waals surface area contributed by atoms with Crippen LogP contribution < -0.4 is 0 Å². The van der Waals surface area contributed by atoms with Crippen molar-refractivity contribution in [2.24, 2.45) is 16.7 Å². The first-order valence-corrected chi connectivity index (χ1v) is 6.76. The number of fused-ring (bicyclic) bond motifs is 1. The Bertz CT molecular complexity index is 354. The molecule has 2 atom stereocenters. The number of carbonyl (C=O) groups excluding carboxylic acids is 1. The SMILES string of the molecule is CC1(C)CCC[C@@]2(C)C1=CC(=O)C[C@@H]2CCO. The monoisotopic (exact) mass is 236 g/mol. The van der Waals surface area contributed by atoms with Crippen molar-refractivity contribution >= 4 is 5.78 Å². The van der Waals surface area contributed by atoms with Gasteiger partial charge in [-0.1, -0.05) is 32.8 Å². The molecule has 2 heteroatoms. The Morgan fingerprint density at radius 2 is 2.06 bits per heavy atom. The second kappa shape index (κ2) is 4.24. The third kappa shape index (κ3) is 2.08. The molecule has 0 radical (unpaired) electrons. The molecule has 0 aromatic carbocycles. The lowest BCUT2D eigenvalue weighted by atomic mass is 9.52. The normalized spacial score (nSPS) is 36.4. The largest absolute Gasteiger partial charge is 0.396 e. The Morgan fingerprint density at radius 3 is 2.71 bits per heavy atom. The Morgan fingerprint density at radius 1 is 1.35 bits per heavy atom. The molecule has 2 nitrogen and oxygen atoms in total. The van der Waals surface area contributed by atoms with Crippen LogP contribution in [0.3, 0.4) is 0 Å². The van der Waals surface area contributed by atoms with Gasteiger partial charge in [-0.05, 0) is 42.1 Å². The van der Waals surface area contributed by atoms with Crippen molar-refractivity contribution in [1.82, 2.24) is 0 Å². The standard InChI is InChI=1S/C15H24O2/c1-14(2)6-4-7-15(3)11(5-8-16)9-12(17)10-13(14)15/h10-11,16H,4-9H2,1-3H3/t11-,15+/m0/s1. The van der Waals surface area contributed by atoms with E-state index in [9.17, 15) is 9.90 Å². The maximum Gasteiger partial charge on any atom is 0.155 e. The molecule has 17 heavy (non-hydrogen) atoms. The van der Waals surface area contributed by atoms with Gasteiger partial charge in [-0.3, -0.25) is 4.79 Å². The summed E-state index contributed by atoms with van der Waals surface area (Å²) in [5.74, 6) is 0.588. The highest BCUT2D eigenvalue weighted by Gasteiger charge is 2.48. The van der Waals surface area contributed by atoms with Crippen molar-refractivity contribution in [1.29, 1.82) is 0 Å². The quantitative estimate of drug-likeness (QED) is 0.800. The van der Waals surface area contributed by atoms with Gasteiger partial charge in [-0.15, -0.1) is 0 Å². The number of carbonyl (C=O) groups is 1. The average Bonchev–Trinajstić information content (AvgIpc) is 2.22. The van der Waals surface area contributed by atoms with Crippen LogP contribution in [-0.2, 0) is 4.79 Å². The lowest BCUT2D eigenvalue weighted by Crippen LogP contribution is -2.43.